The Morgan fingerprint density at radius 3 is 2.84 bits per heavy atom. The minimum atomic E-state index is -0.0654. The average molecular weight is 424 g/mol. The van der Waals surface area contributed by atoms with Gasteiger partial charge in [0, 0.05) is 30.5 Å². The SMILES string of the molecule is C=CC(=O)N1CC(c2cc(C#Cc3ccc4oc(C5CC5)nc4c3)c3c(N)ncnn23)C1. The van der Waals surface area contributed by atoms with Crippen LogP contribution in [0.15, 0.2) is 47.7 Å². The van der Waals surface area contributed by atoms with Gasteiger partial charge in [-0.15, -0.1) is 0 Å². The lowest BCUT2D eigenvalue weighted by atomic mass is 9.96. The Hall–Kier alpha value is -4.12. The number of aromatic nitrogens is 4. The Labute approximate surface area is 183 Å². The summed E-state index contributed by atoms with van der Waals surface area (Å²) in [6, 6.07) is 7.79. The van der Waals surface area contributed by atoms with Crippen LogP contribution in [-0.4, -0.2) is 43.5 Å². The highest BCUT2D eigenvalue weighted by Gasteiger charge is 2.33. The third-order valence-electron chi connectivity index (χ3n) is 6.07. The lowest BCUT2D eigenvalue weighted by Gasteiger charge is -2.38. The van der Waals surface area contributed by atoms with Crippen molar-refractivity contribution in [3.05, 3.63) is 66.0 Å². The first-order valence-corrected chi connectivity index (χ1v) is 10.6. The number of carbonyl (C=O) groups is 1. The standard InChI is InChI=1S/C24H20N6O2/c1-2-21(31)29-11-17(12-29)19-10-16(22-23(25)26-13-27-30(19)22)5-3-14-4-8-20-18(9-14)28-24(32-20)15-6-7-15/h2,4,8-10,13,15,17H,1,6-7,11-12H2,(H2,25,26,27). The monoisotopic (exact) mass is 424 g/mol. The van der Waals surface area contributed by atoms with Gasteiger partial charge in [-0.1, -0.05) is 18.4 Å². The topological polar surface area (TPSA) is 103 Å². The van der Waals surface area contributed by atoms with E-state index >= 15 is 0 Å². The number of hydrogen-bond donors (Lipinski definition) is 1. The molecular weight excluding hydrogens is 404 g/mol. The molecule has 4 aromatic rings. The van der Waals surface area contributed by atoms with Crippen LogP contribution in [0.4, 0.5) is 5.82 Å². The molecule has 3 aromatic heterocycles. The Balaban J connectivity index is 1.35. The normalized spacial score (nSPS) is 16.1. The van der Waals surface area contributed by atoms with Crippen molar-refractivity contribution in [3.63, 3.8) is 0 Å². The number of nitrogens with zero attached hydrogens (tertiary/aromatic N) is 5. The molecule has 1 aliphatic heterocycles. The van der Waals surface area contributed by atoms with Crippen LogP contribution >= 0.6 is 0 Å². The second kappa shape index (κ2) is 6.95. The van der Waals surface area contributed by atoms with Crippen LogP contribution in [0.5, 0.6) is 0 Å². The quantitative estimate of drug-likeness (QED) is 0.401. The first-order valence-electron chi connectivity index (χ1n) is 10.6. The van der Waals surface area contributed by atoms with E-state index in [2.05, 4.69) is 33.5 Å². The molecule has 1 aliphatic carbocycles. The van der Waals surface area contributed by atoms with Crippen LogP contribution in [0.1, 0.15) is 47.4 Å². The van der Waals surface area contributed by atoms with E-state index in [0.717, 1.165) is 46.7 Å². The van der Waals surface area contributed by atoms with E-state index in [-0.39, 0.29) is 11.8 Å². The van der Waals surface area contributed by atoms with Crippen molar-refractivity contribution in [2.75, 3.05) is 18.8 Å². The summed E-state index contributed by atoms with van der Waals surface area (Å²) in [5.74, 6) is 8.20. The molecule has 2 N–H and O–H groups in total. The third-order valence-corrected chi connectivity index (χ3v) is 6.07. The van der Waals surface area contributed by atoms with Gasteiger partial charge in [0.1, 0.15) is 17.4 Å². The Morgan fingerprint density at radius 2 is 2.06 bits per heavy atom. The van der Waals surface area contributed by atoms with Crippen molar-refractivity contribution in [1.29, 1.82) is 0 Å². The molecule has 1 saturated carbocycles. The molecule has 0 atom stereocenters. The summed E-state index contributed by atoms with van der Waals surface area (Å²) in [6.45, 7) is 4.77. The molecular formula is C24H20N6O2. The zero-order valence-electron chi connectivity index (χ0n) is 17.3. The van der Waals surface area contributed by atoms with Crippen molar-refractivity contribution >= 4 is 28.3 Å². The zero-order chi connectivity index (χ0) is 21.8. The van der Waals surface area contributed by atoms with Gasteiger partial charge in [0.15, 0.2) is 17.3 Å². The van der Waals surface area contributed by atoms with E-state index in [1.54, 1.807) is 9.42 Å². The number of rotatable bonds is 3. The number of oxazole rings is 1. The van der Waals surface area contributed by atoms with Crippen LogP contribution in [0.3, 0.4) is 0 Å². The summed E-state index contributed by atoms with van der Waals surface area (Å²) in [7, 11) is 0. The highest BCUT2D eigenvalue weighted by Crippen LogP contribution is 2.40. The summed E-state index contributed by atoms with van der Waals surface area (Å²) in [5, 5.41) is 4.39. The molecule has 6 rings (SSSR count). The molecule has 2 aliphatic rings. The van der Waals surface area contributed by atoms with Gasteiger partial charge in [0.25, 0.3) is 0 Å². The average Bonchev–Trinajstić information content (AvgIpc) is 3.43. The maximum absolute atomic E-state index is 11.8. The number of carbonyl (C=O) groups excluding carboxylic acids is 1. The molecule has 0 radical (unpaired) electrons. The molecule has 1 amide bonds. The smallest absolute Gasteiger partial charge is 0.245 e. The van der Waals surface area contributed by atoms with Gasteiger partial charge in [-0.05, 0) is 43.2 Å². The minimum Gasteiger partial charge on any atom is -0.440 e. The third kappa shape index (κ3) is 3.02. The first kappa shape index (κ1) is 18.6. The first-order chi connectivity index (χ1) is 15.6. The summed E-state index contributed by atoms with van der Waals surface area (Å²) in [4.78, 5) is 22.3. The van der Waals surface area contributed by atoms with Crippen molar-refractivity contribution in [2.45, 2.75) is 24.7 Å². The van der Waals surface area contributed by atoms with Gasteiger partial charge < -0.3 is 15.1 Å². The summed E-state index contributed by atoms with van der Waals surface area (Å²) in [5.41, 5.74) is 11.0. The van der Waals surface area contributed by atoms with E-state index in [0.29, 0.717) is 30.3 Å². The van der Waals surface area contributed by atoms with Crippen LogP contribution in [0, 0.1) is 11.8 Å². The summed E-state index contributed by atoms with van der Waals surface area (Å²) >= 11 is 0. The van der Waals surface area contributed by atoms with Crippen LogP contribution in [0.25, 0.3) is 16.6 Å². The number of nitrogen functional groups attached to an aromatic ring is 1. The zero-order valence-corrected chi connectivity index (χ0v) is 17.3. The molecule has 0 spiro atoms. The second-order valence-corrected chi connectivity index (χ2v) is 8.29. The van der Waals surface area contributed by atoms with E-state index in [1.165, 1.54) is 12.4 Å². The number of anilines is 1. The fraction of sp³-hybridized carbons (Fsp3) is 0.250. The largest absolute Gasteiger partial charge is 0.440 e. The lowest BCUT2D eigenvalue weighted by molar-refractivity contribution is -0.130. The molecule has 32 heavy (non-hydrogen) atoms. The second-order valence-electron chi connectivity index (χ2n) is 8.29. The summed E-state index contributed by atoms with van der Waals surface area (Å²) < 4.78 is 7.62. The highest BCUT2D eigenvalue weighted by molar-refractivity contribution is 5.88. The number of amides is 1. The van der Waals surface area contributed by atoms with E-state index in [9.17, 15) is 4.79 Å². The molecule has 2 fully saturated rings. The maximum atomic E-state index is 11.8. The van der Waals surface area contributed by atoms with Gasteiger partial charge >= 0.3 is 0 Å². The molecule has 0 bridgehead atoms. The van der Waals surface area contributed by atoms with Crippen LogP contribution in [0.2, 0.25) is 0 Å². The Kier molecular flexibility index (Phi) is 4.05. The number of hydrogen-bond acceptors (Lipinski definition) is 6. The van der Waals surface area contributed by atoms with Gasteiger partial charge in [0.2, 0.25) is 5.91 Å². The molecule has 8 nitrogen and oxygen atoms in total. The Bertz CT molecular complexity index is 1460. The number of nitrogens with two attached hydrogens (primary N) is 1. The molecule has 158 valence electrons. The van der Waals surface area contributed by atoms with Crippen molar-refractivity contribution < 1.29 is 9.21 Å². The van der Waals surface area contributed by atoms with Crippen molar-refractivity contribution in [1.82, 2.24) is 24.5 Å². The lowest BCUT2D eigenvalue weighted by Crippen LogP contribution is -2.48. The maximum Gasteiger partial charge on any atom is 0.245 e. The predicted octanol–water partition coefficient (Wildman–Crippen LogP) is 2.84. The highest BCUT2D eigenvalue weighted by atomic mass is 16.3. The van der Waals surface area contributed by atoms with E-state index < -0.39 is 0 Å². The van der Waals surface area contributed by atoms with Crippen molar-refractivity contribution in [3.8, 4) is 11.8 Å². The van der Waals surface area contributed by atoms with E-state index in [4.69, 9.17) is 10.2 Å². The van der Waals surface area contributed by atoms with Crippen LogP contribution < -0.4 is 5.73 Å². The molecule has 4 heterocycles. The Morgan fingerprint density at radius 1 is 1.22 bits per heavy atom. The van der Waals surface area contributed by atoms with Gasteiger partial charge in [-0.25, -0.2) is 14.5 Å². The summed E-state index contributed by atoms with van der Waals surface area (Å²) in [6.07, 6.45) is 5.06. The minimum absolute atomic E-state index is 0.0654. The van der Waals surface area contributed by atoms with Gasteiger partial charge in [0.05, 0.1) is 11.3 Å². The number of fused-ring (bicyclic) bond motifs is 2. The van der Waals surface area contributed by atoms with Crippen LogP contribution in [-0.2, 0) is 4.79 Å². The number of benzene rings is 1. The predicted molar refractivity (Wildman–Crippen MR) is 119 cm³/mol. The fourth-order valence-electron chi connectivity index (χ4n) is 4.12. The molecule has 0 unspecified atom stereocenters. The van der Waals surface area contributed by atoms with Gasteiger partial charge in [-0.3, -0.25) is 4.79 Å². The molecule has 1 aromatic carbocycles. The number of likely N-dealkylation sites (tertiary alicyclic amines) is 1. The van der Waals surface area contributed by atoms with Gasteiger partial charge in [-0.2, -0.15) is 5.10 Å². The molecule has 1 saturated heterocycles. The van der Waals surface area contributed by atoms with E-state index in [1.807, 2.05) is 24.3 Å². The van der Waals surface area contributed by atoms with Crippen molar-refractivity contribution in [2.24, 2.45) is 0 Å². The molecule has 8 heteroatoms. The fourth-order valence-corrected chi connectivity index (χ4v) is 4.12.